The molecule has 0 amide bonds. The molecule has 1 N–H and O–H groups in total. The van der Waals surface area contributed by atoms with Crippen molar-refractivity contribution in [1.82, 2.24) is 0 Å². The maximum absolute atomic E-state index is 9.42. The molecule has 11 heavy (non-hydrogen) atoms. The fraction of sp³-hybridized carbons (Fsp3) is 1.00. The van der Waals surface area contributed by atoms with Crippen LogP contribution in [0.3, 0.4) is 0 Å². The first kappa shape index (κ1) is 8.97. The van der Waals surface area contributed by atoms with Gasteiger partial charge in [-0.3, -0.25) is 0 Å². The standard InChI is InChI=1S/C8H16O3/c1-10-6-7(9)8-4-2-3-5-11-8/h7-9H,2-6H2,1H3. The molecule has 0 spiro atoms. The molecule has 0 bridgehead atoms. The number of hydrogen-bond acceptors (Lipinski definition) is 3. The van der Waals surface area contributed by atoms with Crippen molar-refractivity contribution in [3.63, 3.8) is 0 Å². The van der Waals surface area contributed by atoms with E-state index in [1.54, 1.807) is 7.11 Å². The van der Waals surface area contributed by atoms with E-state index in [0.717, 1.165) is 25.9 Å². The Morgan fingerprint density at radius 2 is 2.45 bits per heavy atom. The highest BCUT2D eigenvalue weighted by atomic mass is 16.5. The first-order valence-electron chi connectivity index (χ1n) is 4.13. The summed E-state index contributed by atoms with van der Waals surface area (Å²) in [6.07, 6.45) is 2.80. The molecule has 66 valence electrons. The first-order valence-corrected chi connectivity index (χ1v) is 4.13. The smallest absolute Gasteiger partial charge is 0.103 e. The predicted octanol–water partition coefficient (Wildman–Crippen LogP) is 0.563. The van der Waals surface area contributed by atoms with E-state index < -0.39 is 6.10 Å². The third-order valence-corrected chi connectivity index (χ3v) is 1.98. The summed E-state index contributed by atoms with van der Waals surface area (Å²) in [7, 11) is 1.59. The van der Waals surface area contributed by atoms with E-state index in [-0.39, 0.29) is 6.10 Å². The minimum Gasteiger partial charge on any atom is -0.388 e. The van der Waals surface area contributed by atoms with Crippen LogP contribution in [0.15, 0.2) is 0 Å². The van der Waals surface area contributed by atoms with E-state index in [2.05, 4.69) is 0 Å². The van der Waals surface area contributed by atoms with Crippen LogP contribution >= 0.6 is 0 Å². The maximum Gasteiger partial charge on any atom is 0.103 e. The van der Waals surface area contributed by atoms with Gasteiger partial charge in [-0.2, -0.15) is 0 Å². The Labute approximate surface area is 67.3 Å². The van der Waals surface area contributed by atoms with Gasteiger partial charge >= 0.3 is 0 Å². The van der Waals surface area contributed by atoms with Crippen molar-refractivity contribution < 1.29 is 14.6 Å². The number of hydrogen-bond donors (Lipinski definition) is 1. The summed E-state index contributed by atoms with van der Waals surface area (Å²) in [6, 6.07) is 0. The molecule has 0 aromatic carbocycles. The topological polar surface area (TPSA) is 38.7 Å². The van der Waals surface area contributed by atoms with Crippen LogP contribution in [-0.2, 0) is 9.47 Å². The Morgan fingerprint density at radius 1 is 1.64 bits per heavy atom. The zero-order valence-corrected chi connectivity index (χ0v) is 6.95. The lowest BCUT2D eigenvalue weighted by Gasteiger charge is -2.26. The van der Waals surface area contributed by atoms with Gasteiger partial charge in [0.2, 0.25) is 0 Å². The summed E-state index contributed by atoms with van der Waals surface area (Å²) >= 11 is 0. The minimum atomic E-state index is -0.444. The van der Waals surface area contributed by atoms with Gasteiger partial charge in [-0.05, 0) is 19.3 Å². The van der Waals surface area contributed by atoms with Crippen molar-refractivity contribution in [1.29, 1.82) is 0 Å². The van der Waals surface area contributed by atoms with Crippen molar-refractivity contribution in [2.75, 3.05) is 20.3 Å². The fourth-order valence-electron chi connectivity index (χ4n) is 1.35. The van der Waals surface area contributed by atoms with Gasteiger partial charge in [-0.15, -0.1) is 0 Å². The summed E-state index contributed by atoms with van der Waals surface area (Å²) in [5, 5.41) is 9.42. The quantitative estimate of drug-likeness (QED) is 0.655. The second kappa shape index (κ2) is 4.70. The van der Waals surface area contributed by atoms with Crippen LogP contribution in [-0.4, -0.2) is 37.6 Å². The lowest BCUT2D eigenvalue weighted by Crippen LogP contribution is -2.35. The molecule has 2 unspecified atom stereocenters. The molecular weight excluding hydrogens is 144 g/mol. The molecule has 3 nitrogen and oxygen atoms in total. The Morgan fingerprint density at radius 3 is 3.00 bits per heavy atom. The van der Waals surface area contributed by atoms with E-state index in [1.807, 2.05) is 0 Å². The van der Waals surface area contributed by atoms with Crippen LogP contribution in [0.5, 0.6) is 0 Å². The van der Waals surface area contributed by atoms with Crippen molar-refractivity contribution in [2.45, 2.75) is 31.5 Å². The summed E-state index contributed by atoms with van der Waals surface area (Å²) in [4.78, 5) is 0. The highest BCUT2D eigenvalue weighted by Crippen LogP contribution is 2.15. The third kappa shape index (κ3) is 2.77. The van der Waals surface area contributed by atoms with Crippen molar-refractivity contribution in [3.8, 4) is 0 Å². The summed E-state index contributed by atoms with van der Waals surface area (Å²) < 4.78 is 10.2. The second-order valence-electron chi connectivity index (χ2n) is 2.93. The minimum absolute atomic E-state index is 0.00343. The van der Waals surface area contributed by atoms with Crippen LogP contribution < -0.4 is 0 Å². The van der Waals surface area contributed by atoms with Gasteiger partial charge in [0.15, 0.2) is 0 Å². The molecule has 2 atom stereocenters. The molecule has 1 fully saturated rings. The van der Waals surface area contributed by atoms with E-state index in [1.165, 1.54) is 0 Å². The lowest BCUT2D eigenvalue weighted by atomic mass is 10.1. The predicted molar refractivity (Wildman–Crippen MR) is 41.5 cm³/mol. The molecule has 3 heteroatoms. The number of ether oxygens (including phenoxy) is 2. The maximum atomic E-state index is 9.42. The Hall–Kier alpha value is -0.120. The largest absolute Gasteiger partial charge is 0.388 e. The Balaban J connectivity index is 2.21. The van der Waals surface area contributed by atoms with Gasteiger partial charge in [0.1, 0.15) is 6.10 Å². The van der Waals surface area contributed by atoms with Gasteiger partial charge in [-0.25, -0.2) is 0 Å². The van der Waals surface area contributed by atoms with E-state index in [9.17, 15) is 5.11 Å². The molecule has 0 aromatic heterocycles. The first-order chi connectivity index (χ1) is 5.34. The fourth-order valence-corrected chi connectivity index (χ4v) is 1.35. The van der Waals surface area contributed by atoms with E-state index >= 15 is 0 Å². The van der Waals surface area contributed by atoms with E-state index in [0.29, 0.717) is 6.61 Å². The SMILES string of the molecule is COCC(O)C1CCCCO1. The number of rotatable bonds is 3. The summed E-state index contributed by atoms with van der Waals surface area (Å²) in [6.45, 7) is 1.16. The molecule has 0 aliphatic carbocycles. The molecule has 1 heterocycles. The van der Waals surface area contributed by atoms with Crippen LogP contribution in [0.25, 0.3) is 0 Å². The van der Waals surface area contributed by atoms with Crippen LogP contribution in [0, 0.1) is 0 Å². The normalized spacial score (nSPS) is 28.4. The lowest BCUT2D eigenvalue weighted by molar-refractivity contribution is -0.0839. The number of aliphatic hydroxyl groups is 1. The third-order valence-electron chi connectivity index (χ3n) is 1.98. The number of aliphatic hydroxyl groups excluding tert-OH is 1. The van der Waals surface area contributed by atoms with Crippen LogP contribution in [0.2, 0.25) is 0 Å². The zero-order chi connectivity index (χ0) is 8.10. The van der Waals surface area contributed by atoms with Gasteiger partial charge in [0.05, 0.1) is 12.7 Å². The average Bonchev–Trinajstić information content (AvgIpc) is 2.07. The van der Waals surface area contributed by atoms with Gasteiger partial charge in [0, 0.05) is 13.7 Å². The highest BCUT2D eigenvalue weighted by Gasteiger charge is 2.21. The van der Waals surface area contributed by atoms with Crippen LogP contribution in [0.4, 0.5) is 0 Å². The van der Waals surface area contributed by atoms with Gasteiger partial charge in [-0.1, -0.05) is 0 Å². The monoisotopic (exact) mass is 160 g/mol. The highest BCUT2D eigenvalue weighted by molar-refractivity contribution is 4.71. The van der Waals surface area contributed by atoms with Crippen molar-refractivity contribution in [3.05, 3.63) is 0 Å². The molecule has 1 rings (SSSR count). The molecular formula is C8H16O3. The van der Waals surface area contributed by atoms with Crippen molar-refractivity contribution >= 4 is 0 Å². The molecule has 0 aromatic rings. The average molecular weight is 160 g/mol. The van der Waals surface area contributed by atoms with Gasteiger partial charge in [0.25, 0.3) is 0 Å². The summed E-state index contributed by atoms with van der Waals surface area (Å²) in [5.74, 6) is 0. The van der Waals surface area contributed by atoms with Crippen LogP contribution in [0.1, 0.15) is 19.3 Å². The summed E-state index contributed by atoms with van der Waals surface area (Å²) in [5.41, 5.74) is 0. The van der Waals surface area contributed by atoms with E-state index in [4.69, 9.17) is 9.47 Å². The molecule has 0 radical (unpaired) electrons. The Kier molecular flexibility index (Phi) is 3.83. The zero-order valence-electron chi connectivity index (χ0n) is 6.95. The molecule has 0 saturated carbocycles. The molecule has 1 aliphatic heterocycles. The second-order valence-corrected chi connectivity index (χ2v) is 2.93. The molecule has 1 saturated heterocycles. The van der Waals surface area contributed by atoms with Gasteiger partial charge < -0.3 is 14.6 Å². The Bertz CT molecular complexity index is 99.5. The van der Waals surface area contributed by atoms with Crippen molar-refractivity contribution in [2.24, 2.45) is 0 Å². The molecule has 1 aliphatic rings. The number of methoxy groups -OCH3 is 1.